The fourth-order valence-corrected chi connectivity index (χ4v) is 6.35. The Morgan fingerprint density at radius 2 is 1.44 bits per heavy atom. The second-order valence-corrected chi connectivity index (χ2v) is 11.0. The van der Waals surface area contributed by atoms with Gasteiger partial charge in [0.2, 0.25) is 0 Å². The van der Waals surface area contributed by atoms with Crippen LogP contribution in [-0.4, -0.2) is 71.1 Å². The second kappa shape index (κ2) is 11.1. The van der Waals surface area contributed by atoms with Gasteiger partial charge in [-0.2, -0.15) is 0 Å². The van der Waals surface area contributed by atoms with Crippen LogP contribution >= 0.6 is 0 Å². The van der Waals surface area contributed by atoms with Crippen molar-refractivity contribution in [3.05, 3.63) is 23.3 Å². The number of fused-ring (bicyclic) bond motifs is 2. The SMILES string of the molecule is CC(=O)OC1C[C@@H](OC(C)=O)[C@@]2(C)[C@@H](OC(C)=O)CC=C(C)[C@@H]2C(OC(C)=O)[C@@]2(O)[C@H](/C=C\1C)OC(=O)[C@@H]2C. The molecule has 1 heterocycles. The first-order valence-corrected chi connectivity index (χ1v) is 13.0. The third-order valence-electron chi connectivity index (χ3n) is 8.27. The van der Waals surface area contributed by atoms with Crippen molar-refractivity contribution < 1.29 is 52.8 Å². The van der Waals surface area contributed by atoms with E-state index in [2.05, 4.69) is 0 Å². The van der Waals surface area contributed by atoms with Gasteiger partial charge in [0.15, 0.2) is 11.7 Å². The Bertz CT molecular complexity index is 1110. The lowest BCUT2D eigenvalue weighted by atomic mass is 9.56. The average Bonchev–Trinajstić information content (AvgIpc) is 3.01. The molecule has 0 spiro atoms. The molecule has 0 amide bonds. The molecule has 39 heavy (non-hydrogen) atoms. The van der Waals surface area contributed by atoms with Crippen molar-refractivity contribution in [2.45, 2.75) is 104 Å². The predicted octanol–water partition coefficient (Wildman–Crippen LogP) is 2.33. The van der Waals surface area contributed by atoms with Gasteiger partial charge in [-0.1, -0.05) is 18.6 Å². The summed E-state index contributed by atoms with van der Waals surface area (Å²) in [6.45, 7) is 11.5. The van der Waals surface area contributed by atoms with Crippen molar-refractivity contribution >= 4 is 29.8 Å². The summed E-state index contributed by atoms with van der Waals surface area (Å²) in [6, 6.07) is 0. The monoisotopic (exact) mass is 550 g/mol. The van der Waals surface area contributed by atoms with E-state index in [4.69, 9.17) is 23.7 Å². The van der Waals surface area contributed by atoms with Gasteiger partial charge in [-0.15, -0.1) is 0 Å². The molecule has 3 aliphatic rings. The van der Waals surface area contributed by atoms with Gasteiger partial charge in [-0.25, -0.2) is 0 Å². The van der Waals surface area contributed by atoms with E-state index in [1.807, 2.05) is 0 Å². The van der Waals surface area contributed by atoms with E-state index in [-0.39, 0.29) is 12.8 Å². The molecule has 1 N–H and O–H groups in total. The number of aliphatic hydroxyl groups is 1. The van der Waals surface area contributed by atoms with Crippen LogP contribution in [0.1, 0.15) is 68.2 Å². The lowest BCUT2D eigenvalue weighted by Gasteiger charge is -2.54. The standard InChI is InChI=1S/C28H38O11/c1-13-9-10-21(36-17(5)30)27(8)22(37-18(6)31)12-20(35-16(4)29)14(2)11-23-28(34,15(3)26(33)39-23)25(24(13)27)38-19(7)32/h9,11,15,20-25,34H,10,12H2,1-8H3/b14-11-/t15-,20?,21-,22+,23-,24+,25?,27+,28-/m0/s1. The first-order chi connectivity index (χ1) is 18.0. The molecule has 0 radical (unpaired) electrons. The number of carbonyl (C=O) groups is 5. The molecule has 11 heteroatoms. The largest absolute Gasteiger partial charge is 0.462 e. The Morgan fingerprint density at radius 1 is 0.897 bits per heavy atom. The molecule has 2 unspecified atom stereocenters. The Kier molecular flexibility index (Phi) is 8.64. The Labute approximate surface area is 227 Å². The third-order valence-corrected chi connectivity index (χ3v) is 8.27. The molecule has 0 aromatic carbocycles. The number of esters is 5. The van der Waals surface area contributed by atoms with Gasteiger partial charge in [-0.05, 0) is 32.4 Å². The zero-order chi connectivity index (χ0) is 29.4. The number of hydrogen-bond acceptors (Lipinski definition) is 11. The van der Waals surface area contributed by atoms with Crippen LogP contribution in [0.2, 0.25) is 0 Å². The quantitative estimate of drug-likeness (QED) is 0.312. The minimum Gasteiger partial charge on any atom is -0.462 e. The molecule has 0 aromatic heterocycles. The van der Waals surface area contributed by atoms with Gasteiger partial charge < -0.3 is 28.8 Å². The minimum absolute atomic E-state index is 0.0407. The molecular formula is C28H38O11. The van der Waals surface area contributed by atoms with Crippen LogP contribution in [0.3, 0.4) is 0 Å². The molecule has 2 aliphatic carbocycles. The summed E-state index contributed by atoms with van der Waals surface area (Å²) in [5.41, 5.74) is -2.32. The van der Waals surface area contributed by atoms with Gasteiger partial charge in [-0.3, -0.25) is 24.0 Å². The molecule has 1 saturated heterocycles. The van der Waals surface area contributed by atoms with Crippen molar-refractivity contribution in [2.75, 3.05) is 0 Å². The number of ether oxygens (including phenoxy) is 5. The summed E-state index contributed by atoms with van der Waals surface area (Å²) in [4.78, 5) is 62.2. The topological polar surface area (TPSA) is 152 Å². The number of hydrogen-bond donors (Lipinski definition) is 1. The van der Waals surface area contributed by atoms with E-state index in [0.717, 1.165) is 0 Å². The lowest BCUT2D eigenvalue weighted by Crippen LogP contribution is -2.65. The highest BCUT2D eigenvalue weighted by molar-refractivity contribution is 5.78. The summed E-state index contributed by atoms with van der Waals surface area (Å²) in [6.07, 6.45) is -2.06. The van der Waals surface area contributed by atoms with Gasteiger partial charge in [0.25, 0.3) is 0 Å². The molecule has 1 fully saturated rings. The highest BCUT2D eigenvalue weighted by Crippen LogP contribution is 2.55. The molecular weight excluding hydrogens is 512 g/mol. The van der Waals surface area contributed by atoms with Crippen LogP contribution in [0.5, 0.6) is 0 Å². The summed E-state index contributed by atoms with van der Waals surface area (Å²) in [5, 5.41) is 12.4. The minimum atomic E-state index is -2.08. The van der Waals surface area contributed by atoms with Crippen molar-refractivity contribution in [3.63, 3.8) is 0 Å². The normalized spacial score (nSPS) is 39.4. The lowest BCUT2D eigenvalue weighted by molar-refractivity contribution is -0.218. The van der Waals surface area contributed by atoms with Crippen molar-refractivity contribution in [1.82, 2.24) is 0 Å². The predicted molar refractivity (Wildman–Crippen MR) is 135 cm³/mol. The fourth-order valence-electron chi connectivity index (χ4n) is 6.35. The van der Waals surface area contributed by atoms with E-state index in [9.17, 15) is 29.1 Å². The van der Waals surface area contributed by atoms with E-state index in [0.29, 0.717) is 11.1 Å². The maximum absolute atomic E-state index is 12.9. The second-order valence-electron chi connectivity index (χ2n) is 11.0. The molecule has 3 rings (SSSR count). The van der Waals surface area contributed by atoms with Gasteiger partial charge in [0.1, 0.15) is 24.4 Å². The highest BCUT2D eigenvalue weighted by Gasteiger charge is 2.67. The fraction of sp³-hybridized carbons (Fsp3) is 0.679. The van der Waals surface area contributed by atoms with Gasteiger partial charge in [0.05, 0.1) is 11.3 Å². The van der Waals surface area contributed by atoms with E-state index in [1.165, 1.54) is 40.7 Å². The molecule has 9 atom stereocenters. The van der Waals surface area contributed by atoms with Gasteiger partial charge in [0, 0.05) is 46.5 Å². The number of carbonyl (C=O) groups excluding carboxylic acids is 5. The van der Waals surface area contributed by atoms with Crippen molar-refractivity contribution in [1.29, 1.82) is 0 Å². The molecule has 0 saturated carbocycles. The first-order valence-electron chi connectivity index (χ1n) is 13.0. The van der Waals surface area contributed by atoms with E-state index < -0.39 is 83.2 Å². The van der Waals surface area contributed by atoms with E-state index in [1.54, 1.807) is 26.8 Å². The Balaban J connectivity index is 2.42. The van der Waals surface area contributed by atoms with Crippen LogP contribution in [-0.2, 0) is 47.7 Å². The Hall–Kier alpha value is -3.21. The Morgan fingerprint density at radius 3 is 1.97 bits per heavy atom. The molecule has 1 aliphatic heterocycles. The maximum Gasteiger partial charge on any atom is 0.312 e. The maximum atomic E-state index is 12.9. The summed E-state index contributed by atoms with van der Waals surface area (Å²) in [5.74, 6) is -5.31. The molecule has 11 nitrogen and oxygen atoms in total. The number of rotatable bonds is 4. The van der Waals surface area contributed by atoms with E-state index >= 15 is 0 Å². The van der Waals surface area contributed by atoms with Crippen LogP contribution in [0.15, 0.2) is 23.3 Å². The zero-order valence-electron chi connectivity index (χ0n) is 23.6. The average molecular weight is 551 g/mol. The molecule has 0 aromatic rings. The zero-order valence-corrected chi connectivity index (χ0v) is 23.6. The molecule has 216 valence electrons. The summed E-state index contributed by atoms with van der Waals surface area (Å²) in [7, 11) is 0. The van der Waals surface area contributed by atoms with Crippen molar-refractivity contribution in [2.24, 2.45) is 17.3 Å². The summed E-state index contributed by atoms with van der Waals surface area (Å²) < 4.78 is 28.7. The van der Waals surface area contributed by atoms with Crippen LogP contribution in [0, 0.1) is 17.3 Å². The first kappa shape index (κ1) is 30.3. The van der Waals surface area contributed by atoms with Crippen LogP contribution < -0.4 is 0 Å². The van der Waals surface area contributed by atoms with Gasteiger partial charge >= 0.3 is 29.8 Å². The third kappa shape index (κ3) is 5.59. The van der Waals surface area contributed by atoms with Crippen LogP contribution in [0.25, 0.3) is 0 Å². The van der Waals surface area contributed by atoms with Crippen LogP contribution in [0.4, 0.5) is 0 Å². The smallest absolute Gasteiger partial charge is 0.312 e. The van der Waals surface area contributed by atoms with Crippen molar-refractivity contribution in [3.8, 4) is 0 Å². The highest BCUT2D eigenvalue weighted by atomic mass is 16.6. The summed E-state index contributed by atoms with van der Waals surface area (Å²) >= 11 is 0. The molecule has 0 bridgehead atoms.